The quantitative estimate of drug-likeness (QED) is 0.563. The monoisotopic (exact) mass is 180 g/mol. The van der Waals surface area contributed by atoms with E-state index in [2.05, 4.69) is 24.4 Å². The van der Waals surface area contributed by atoms with Gasteiger partial charge in [-0.05, 0) is 36.8 Å². The van der Waals surface area contributed by atoms with Gasteiger partial charge < -0.3 is 0 Å². The Morgan fingerprint density at radius 2 is 2.00 bits per heavy atom. The van der Waals surface area contributed by atoms with Gasteiger partial charge in [0.1, 0.15) is 0 Å². The summed E-state index contributed by atoms with van der Waals surface area (Å²) in [5.74, 6) is 0. The highest BCUT2D eigenvalue weighted by atomic mass is 32.1. The van der Waals surface area contributed by atoms with Crippen LogP contribution in [0.5, 0.6) is 0 Å². The SMILES string of the molecule is CC.CC1=Cc2ccsc2CC1. The number of allylic oxidation sites excluding steroid dienone is 1. The summed E-state index contributed by atoms with van der Waals surface area (Å²) in [5, 5.41) is 2.18. The van der Waals surface area contributed by atoms with E-state index in [1.807, 2.05) is 25.2 Å². The molecule has 0 fully saturated rings. The molecular formula is C11H16S. The van der Waals surface area contributed by atoms with Crippen molar-refractivity contribution in [3.05, 3.63) is 27.5 Å². The van der Waals surface area contributed by atoms with Gasteiger partial charge in [0, 0.05) is 4.88 Å². The van der Waals surface area contributed by atoms with E-state index in [-0.39, 0.29) is 0 Å². The molecule has 12 heavy (non-hydrogen) atoms. The van der Waals surface area contributed by atoms with Gasteiger partial charge in [-0.3, -0.25) is 0 Å². The topological polar surface area (TPSA) is 0 Å². The minimum atomic E-state index is 1.26. The van der Waals surface area contributed by atoms with Crippen LogP contribution in [-0.2, 0) is 6.42 Å². The normalized spacial score (nSPS) is 14.1. The molecule has 1 heteroatoms. The van der Waals surface area contributed by atoms with Crippen molar-refractivity contribution in [2.45, 2.75) is 33.6 Å². The first kappa shape index (κ1) is 9.53. The van der Waals surface area contributed by atoms with Crippen molar-refractivity contribution in [1.82, 2.24) is 0 Å². The summed E-state index contributed by atoms with van der Waals surface area (Å²) in [6.45, 7) is 6.21. The van der Waals surface area contributed by atoms with E-state index in [0.29, 0.717) is 0 Å². The third-order valence-corrected chi connectivity index (χ3v) is 2.92. The van der Waals surface area contributed by atoms with Crippen LogP contribution >= 0.6 is 11.3 Å². The first-order chi connectivity index (χ1) is 5.86. The van der Waals surface area contributed by atoms with E-state index in [1.54, 1.807) is 4.88 Å². The molecule has 0 saturated heterocycles. The van der Waals surface area contributed by atoms with Crippen LogP contribution in [0.4, 0.5) is 0 Å². The summed E-state index contributed by atoms with van der Waals surface area (Å²) in [7, 11) is 0. The Hall–Kier alpha value is -0.560. The summed E-state index contributed by atoms with van der Waals surface area (Å²) in [6, 6.07) is 2.21. The van der Waals surface area contributed by atoms with E-state index >= 15 is 0 Å². The molecule has 0 radical (unpaired) electrons. The number of aryl methyl sites for hydroxylation is 1. The minimum Gasteiger partial charge on any atom is -0.148 e. The number of rotatable bonds is 0. The maximum absolute atomic E-state index is 2.30. The molecule has 0 bridgehead atoms. The fourth-order valence-electron chi connectivity index (χ4n) is 1.33. The highest BCUT2D eigenvalue weighted by Crippen LogP contribution is 2.27. The van der Waals surface area contributed by atoms with Crippen molar-refractivity contribution in [1.29, 1.82) is 0 Å². The maximum atomic E-state index is 2.30. The van der Waals surface area contributed by atoms with Crippen LogP contribution in [0.1, 0.15) is 37.6 Å². The Morgan fingerprint density at radius 1 is 1.25 bits per heavy atom. The summed E-state index contributed by atoms with van der Waals surface area (Å²) < 4.78 is 0. The Kier molecular flexibility index (Phi) is 3.54. The molecule has 0 unspecified atom stereocenters. The average Bonchev–Trinajstić information content (AvgIpc) is 2.54. The lowest BCUT2D eigenvalue weighted by atomic mass is 10.0. The summed E-state index contributed by atoms with van der Waals surface area (Å²) in [4.78, 5) is 1.56. The molecule has 1 aliphatic carbocycles. The standard InChI is InChI=1S/C9H10S.C2H6/c1-7-2-3-9-8(6-7)4-5-10-9;1-2/h4-6H,2-3H2,1H3;1-2H3. The van der Waals surface area contributed by atoms with Crippen molar-refractivity contribution in [2.24, 2.45) is 0 Å². The predicted octanol–water partition coefficient (Wildman–Crippen LogP) is 4.12. The fourth-order valence-corrected chi connectivity index (χ4v) is 2.19. The van der Waals surface area contributed by atoms with Gasteiger partial charge >= 0.3 is 0 Å². The van der Waals surface area contributed by atoms with Gasteiger partial charge in [-0.15, -0.1) is 11.3 Å². The molecule has 1 aliphatic rings. The second kappa shape index (κ2) is 4.46. The van der Waals surface area contributed by atoms with E-state index in [9.17, 15) is 0 Å². The molecule has 0 spiro atoms. The van der Waals surface area contributed by atoms with Gasteiger partial charge in [0.05, 0.1) is 0 Å². The van der Waals surface area contributed by atoms with Crippen LogP contribution in [0.2, 0.25) is 0 Å². The molecule has 66 valence electrons. The second-order valence-electron chi connectivity index (χ2n) is 2.79. The number of hydrogen-bond acceptors (Lipinski definition) is 1. The van der Waals surface area contributed by atoms with Gasteiger partial charge in [-0.2, -0.15) is 0 Å². The summed E-state index contributed by atoms with van der Waals surface area (Å²) >= 11 is 1.88. The lowest BCUT2D eigenvalue weighted by Crippen LogP contribution is -1.91. The molecule has 0 aromatic carbocycles. The van der Waals surface area contributed by atoms with Gasteiger partial charge in [0.2, 0.25) is 0 Å². The Labute approximate surface area is 78.9 Å². The highest BCUT2D eigenvalue weighted by Gasteiger charge is 2.07. The van der Waals surface area contributed by atoms with Crippen molar-refractivity contribution < 1.29 is 0 Å². The van der Waals surface area contributed by atoms with Crippen LogP contribution in [0.3, 0.4) is 0 Å². The molecule has 1 aromatic heterocycles. The summed E-state index contributed by atoms with van der Waals surface area (Å²) in [6.07, 6.45) is 4.82. The first-order valence-electron chi connectivity index (χ1n) is 4.60. The molecule has 1 heterocycles. The Bertz CT molecular complexity index is 268. The van der Waals surface area contributed by atoms with Crippen molar-refractivity contribution in [2.75, 3.05) is 0 Å². The van der Waals surface area contributed by atoms with Crippen LogP contribution < -0.4 is 0 Å². The smallest absolute Gasteiger partial charge is 0.0121 e. The molecule has 0 N–H and O–H groups in total. The van der Waals surface area contributed by atoms with Gasteiger partial charge in [-0.25, -0.2) is 0 Å². The van der Waals surface area contributed by atoms with Crippen LogP contribution in [0.15, 0.2) is 17.0 Å². The zero-order valence-corrected chi connectivity index (χ0v) is 8.87. The molecule has 0 aliphatic heterocycles. The summed E-state index contributed by atoms with van der Waals surface area (Å²) in [5.41, 5.74) is 2.97. The molecule has 0 amide bonds. The first-order valence-corrected chi connectivity index (χ1v) is 5.48. The maximum Gasteiger partial charge on any atom is 0.0121 e. The molecule has 0 nitrogen and oxygen atoms in total. The zero-order valence-electron chi connectivity index (χ0n) is 8.05. The van der Waals surface area contributed by atoms with Gasteiger partial charge in [-0.1, -0.05) is 25.5 Å². The van der Waals surface area contributed by atoms with Gasteiger partial charge in [0.25, 0.3) is 0 Å². The van der Waals surface area contributed by atoms with Crippen LogP contribution in [0.25, 0.3) is 6.08 Å². The second-order valence-corrected chi connectivity index (χ2v) is 3.79. The number of hydrogen-bond donors (Lipinski definition) is 0. The fraction of sp³-hybridized carbons (Fsp3) is 0.455. The number of fused-ring (bicyclic) bond motifs is 1. The third-order valence-electron chi connectivity index (χ3n) is 1.93. The van der Waals surface area contributed by atoms with E-state index in [0.717, 1.165) is 0 Å². The highest BCUT2D eigenvalue weighted by molar-refractivity contribution is 7.10. The average molecular weight is 180 g/mol. The van der Waals surface area contributed by atoms with Crippen molar-refractivity contribution in [3.63, 3.8) is 0 Å². The van der Waals surface area contributed by atoms with E-state index in [1.165, 1.54) is 24.0 Å². The van der Waals surface area contributed by atoms with E-state index in [4.69, 9.17) is 0 Å². The van der Waals surface area contributed by atoms with Crippen LogP contribution in [-0.4, -0.2) is 0 Å². The molecule has 2 rings (SSSR count). The van der Waals surface area contributed by atoms with Crippen molar-refractivity contribution >= 4 is 17.4 Å². The zero-order chi connectivity index (χ0) is 8.97. The predicted molar refractivity (Wildman–Crippen MR) is 57.6 cm³/mol. The number of thiophene rings is 1. The Balaban J connectivity index is 0.000000336. The largest absolute Gasteiger partial charge is 0.148 e. The molecule has 0 saturated carbocycles. The molecular weight excluding hydrogens is 164 g/mol. The Morgan fingerprint density at radius 3 is 2.75 bits per heavy atom. The lowest BCUT2D eigenvalue weighted by Gasteiger charge is -2.07. The van der Waals surface area contributed by atoms with Crippen LogP contribution in [0, 0.1) is 0 Å². The lowest BCUT2D eigenvalue weighted by molar-refractivity contribution is 0.948. The van der Waals surface area contributed by atoms with Gasteiger partial charge in [0.15, 0.2) is 0 Å². The molecule has 1 aromatic rings. The molecule has 0 atom stereocenters. The van der Waals surface area contributed by atoms with Crippen molar-refractivity contribution in [3.8, 4) is 0 Å². The van der Waals surface area contributed by atoms with E-state index < -0.39 is 0 Å². The minimum absolute atomic E-state index is 1.26. The third kappa shape index (κ3) is 1.98.